The summed E-state index contributed by atoms with van der Waals surface area (Å²) in [6.45, 7) is 14.0. The SMILES string of the molecule is CCC(=O)O[PH](O)(O)c1ccc(C(C)(C)C)cc1C(C)(C)C. The molecule has 0 aliphatic rings. The van der Waals surface area contributed by atoms with Crippen LogP contribution in [0.3, 0.4) is 0 Å². The molecule has 1 aromatic rings. The van der Waals surface area contributed by atoms with Crippen LogP contribution in [0.2, 0.25) is 0 Å². The molecular formula is C17H29O4P. The van der Waals surface area contributed by atoms with Crippen molar-refractivity contribution in [2.45, 2.75) is 65.7 Å². The van der Waals surface area contributed by atoms with Gasteiger partial charge in [0.2, 0.25) is 0 Å². The van der Waals surface area contributed by atoms with Crippen molar-refractivity contribution in [1.29, 1.82) is 0 Å². The summed E-state index contributed by atoms with van der Waals surface area (Å²) >= 11 is 0. The van der Waals surface area contributed by atoms with Crippen molar-refractivity contribution in [3.05, 3.63) is 29.3 Å². The molecule has 0 radical (unpaired) electrons. The van der Waals surface area contributed by atoms with E-state index >= 15 is 0 Å². The van der Waals surface area contributed by atoms with Gasteiger partial charge in [-0.3, -0.25) is 0 Å². The molecule has 0 atom stereocenters. The number of carbonyl (C=O) groups is 1. The molecule has 0 unspecified atom stereocenters. The average molecular weight is 328 g/mol. The number of hydrogen-bond acceptors (Lipinski definition) is 4. The molecule has 0 spiro atoms. The van der Waals surface area contributed by atoms with Crippen molar-refractivity contribution in [1.82, 2.24) is 0 Å². The number of carbonyl (C=O) groups excluding carboxylic acids is 1. The van der Waals surface area contributed by atoms with Crippen LogP contribution in [0, 0.1) is 0 Å². The van der Waals surface area contributed by atoms with Gasteiger partial charge in [0.25, 0.3) is 0 Å². The zero-order valence-electron chi connectivity index (χ0n) is 14.7. The van der Waals surface area contributed by atoms with E-state index < -0.39 is 13.9 Å². The van der Waals surface area contributed by atoms with E-state index in [-0.39, 0.29) is 17.3 Å². The molecule has 0 saturated carbocycles. The molecule has 1 rings (SSSR count). The molecule has 0 bridgehead atoms. The first-order valence-electron chi connectivity index (χ1n) is 7.61. The zero-order chi connectivity index (χ0) is 17.3. The van der Waals surface area contributed by atoms with Gasteiger partial charge >= 0.3 is 133 Å². The minimum absolute atomic E-state index is 0.0479. The molecule has 5 heteroatoms. The van der Waals surface area contributed by atoms with Gasteiger partial charge in [0.05, 0.1) is 0 Å². The van der Waals surface area contributed by atoms with Crippen LogP contribution in [0.5, 0.6) is 0 Å². The topological polar surface area (TPSA) is 66.8 Å². The van der Waals surface area contributed by atoms with Crippen molar-refractivity contribution in [3.63, 3.8) is 0 Å². The summed E-state index contributed by atoms with van der Waals surface area (Å²) in [7, 11) is -4.25. The molecule has 0 amide bonds. The van der Waals surface area contributed by atoms with Crippen LogP contribution in [0.4, 0.5) is 0 Å². The van der Waals surface area contributed by atoms with Gasteiger partial charge in [-0.25, -0.2) is 0 Å². The Morgan fingerprint density at radius 2 is 1.64 bits per heavy atom. The summed E-state index contributed by atoms with van der Waals surface area (Å²) in [6, 6.07) is 5.55. The van der Waals surface area contributed by atoms with Crippen LogP contribution in [-0.2, 0) is 20.1 Å². The predicted octanol–water partition coefficient (Wildman–Crippen LogP) is 3.34. The first-order valence-corrected chi connectivity index (χ1v) is 9.41. The Balaban J connectivity index is 3.45. The summed E-state index contributed by atoms with van der Waals surface area (Å²) in [6.07, 6.45) is 0.112. The van der Waals surface area contributed by atoms with E-state index in [0.717, 1.165) is 11.1 Å². The summed E-state index contributed by atoms with van der Waals surface area (Å²) in [4.78, 5) is 32.2. The molecule has 0 aliphatic carbocycles. The van der Waals surface area contributed by atoms with Crippen molar-refractivity contribution >= 4 is 19.2 Å². The molecule has 0 saturated heterocycles. The monoisotopic (exact) mass is 328 g/mol. The molecule has 126 valence electrons. The van der Waals surface area contributed by atoms with E-state index in [1.54, 1.807) is 13.0 Å². The third-order valence-corrected chi connectivity index (χ3v) is 5.24. The minimum atomic E-state index is -4.25. The van der Waals surface area contributed by atoms with E-state index in [2.05, 4.69) is 20.8 Å². The fourth-order valence-electron chi connectivity index (χ4n) is 2.20. The normalized spacial score (nSPS) is 13.9. The molecule has 4 nitrogen and oxygen atoms in total. The van der Waals surface area contributed by atoms with Crippen molar-refractivity contribution in [2.24, 2.45) is 0 Å². The van der Waals surface area contributed by atoms with Gasteiger partial charge in [0.15, 0.2) is 0 Å². The van der Waals surface area contributed by atoms with Crippen LogP contribution in [-0.4, -0.2) is 15.8 Å². The average Bonchev–Trinajstić information content (AvgIpc) is 2.35. The second-order valence-electron chi connectivity index (χ2n) is 7.70. The number of hydrogen-bond donors (Lipinski definition) is 2. The van der Waals surface area contributed by atoms with E-state index in [1.165, 1.54) is 0 Å². The van der Waals surface area contributed by atoms with Gasteiger partial charge in [0, 0.05) is 0 Å². The molecule has 2 N–H and O–H groups in total. The van der Waals surface area contributed by atoms with E-state index in [4.69, 9.17) is 4.52 Å². The molecular weight excluding hydrogens is 299 g/mol. The number of rotatable bonds is 3. The predicted molar refractivity (Wildman–Crippen MR) is 92.6 cm³/mol. The maximum atomic E-state index is 11.5. The van der Waals surface area contributed by atoms with Crippen LogP contribution >= 0.6 is 7.94 Å². The standard InChI is InChI=1S/C17H29O4P/c1-8-15(18)21-22(19,20)14-10-9-12(16(2,3)4)11-13(14)17(5,6)7/h9-11,19-20,22H,8H2,1-7H3. The van der Waals surface area contributed by atoms with Gasteiger partial charge in [-0.15, -0.1) is 0 Å². The van der Waals surface area contributed by atoms with Crippen molar-refractivity contribution < 1.29 is 19.1 Å². The summed E-state index contributed by atoms with van der Waals surface area (Å²) in [5.74, 6) is -0.601. The van der Waals surface area contributed by atoms with Crippen LogP contribution < -0.4 is 5.30 Å². The molecule has 0 aromatic heterocycles. The third kappa shape index (κ3) is 4.52. The van der Waals surface area contributed by atoms with E-state index in [1.807, 2.05) is 32.9 Å². The van der Waals surface area contributed by atoms with Gasteiger partial charge in [-0.2, -0.15) is 0 Å². The van der Waals surface area contributed by atoms with Gasteiger partial charge < -0.3 is 0 Å². The third-order valence-electron chi connectivity index (χ3n) is 3.59. The fourth-order valence-corrected chi connectivity index (χ4v) is 3.87. The van der Waals surface area contributed by atoms with Crippen molar-refractivity contribution in [2.75, 3.05) is 0 Å². The quantitative estimate of drug-likeness (QED) is 0.835. The Morgan fingerprint density at radius 3 is 2.05 bits per heavy atom. The van der Waals surface area contributed by atoms with Crippen LogP contribution in [0.1, 0.15) is 66.0 Å². The van der Waals surface area contributed by atoms with Crippen LogP contribution in [0.15, 0.2) is 18.2 Å². The Kier molecular flexibility index (Phi) is 5.44. The molecule has 0 fully saturated rings. The van der Waals surface area contributed by atoms with E-state index in [0.29, 0.717) is 5.30 Å². The number of benzene rings is 1. The first kappa shape index (κ1) is 19.1. The van der Waals surface area contributed by atoms with Gasteiger partial charge in [-0.05, 0) is 0 Å². The van der Waals surface area contributed by atoms with Gasteiger partial charge in [0.1, 0.15) is 0 Å². The zero-order valence-corrected chi connectivity index (χ0v) is 15.7. The summed E-state index contributed by atoms with van der Waals surface area (Å²) < 4.78 is 4.95. The Morgan fingerprint density at radius 1 is 1.09 bits per heavy atom. The second kappa shape index (κ2) is 6.27. The van der Waals surface area contributed by atoms with Crippen LogP contribution in [0.25, 0.3) is 0 Å². The molecule has 0 aliphatic heterocycles. The fraction of sp³-hybridized carbons (Fsp3) is 0.588. The summed E-state index contributed by atoms with van der Waals surface area (Å²) in [5, 5.41) is 0.342. The second-order valence-corrected chi connectivity index (χ2v) is 9.66. The maximum absolute atomic E-state index is 11.5. The van der Waals surface area contributed by atoms with Crippen molar-refractivity contribution in [3.8, 4) is 0 Å². The molecule has 22 heavy (non-hydrogen) atoms. The van der Waals surface area contributed by atoms with E-state index in [9.17, 15) is 14.6 Å². The Bertz CT molecular complexity index is 551. The molecule has 0 heterocycles. The Hall–Kier alpha value is -0.960. The molecule has 1 aromatic carbocycles. The summed E-state index contributed by atoms with van der Waals surface area (Å²) in [5.41, 5.74) is 1.57. The van der Waals surface area contributed by atoms with Gasteiger partial charge in [-0.1, -0.05) is 0 Å². The Labute approximate surface area is 134 Å². The first-order chi connectivity index (χ1) is 9.79.